The van der Waals surface area contributed by atoms with Crippen molar-refractivity contribution >= 4 is 38.8 Å². The van der Waals surface area contributed by atoms with Crippen molar-refractivity contribution in [2.24, 2.45) is 5.73 Å². The molecule has 1 aromatic rings. The Morgan fingerprint density at radius 3 is 2.44 bits per heavy atom. The number of hydrogen-bond donors (Lipinski definition) is 4. The zero-order chi connectivity index (χ0) is 14.1. The molecule has 0 radical (unpaired) electrons. The average molecular weight is 293 g/mol. The molecule has 0 aliphatic carbocycles. The maximum atomic E-state index is 10.9. The van der Waals surface area contributed by atoms with E-state index in [0.29, 0.717) is 6.07 Å². The van der Waals surface area contributed by atoms with Crippen molar-refractivity contribution < 1.29 is 23.0 Å². The van der Waals surface area contributed by atoms with E-state index in [1.807, 2.05) is 0 Å². The molecule has 18 heavy (non-hydrogen) atoms. The van der Waals surface area contributed by atoms with E-state index in [-0.39, 0.29) is 5.11 Å². The molecule has 0 fully saturated rings. The zero-order valence-corrected chi connectivity index (χ0v) is 10.2. The van der Waals surface area contributed by atoms with Crippen molar-refractivity contribution in [3.63, 3.8) is 0 Å². The summed E-state index contributed by atoms with van der Waals surface area (Å²) >= 11 is 4.46. The second-order valence-electron chi connectivity index (χ2n) is 3.06. The lowest BCUT2D eigenvalue weighted by Gasteiger charge is -2.08. The van der Waals surface area contributed by atoms with Crippen molar-refractivity contribution in [3.05, 3.63) is 22.2 Å². The van der Waals surface area contributed by atoms with Crippen LogP contribution in [-0.2, 0) is 10.1 Å². The zero-order valence-electron chi connectivity index (χ0n) is 8.52. The monoisotopic (exact) mass is 293 g/mol. The molecule has 0 amide bonds. The van der Waals surface area contributed by atoms with E-state index in [9.17, 15) is 23.6 Å². The number of nitro groups is 1. The van der Waals surface area contributed by atoms with Crippen LogP contribution in [0.5, 0.6) is 5.75 Å². The van der Waals surface area contributed by atoms with Gasteiger partial charge in [-0.3, -0.25) is 14.7 Å². The van der Waals surface area contributed by atoms with Gasteiger partial charge in [-0.2, -0.15) is 8.42 Å². The predicted molar refractivity (Wildman–Crippen MR) is 65.0 cm³/mol. The number of anilines is 1. The molecular weight excluding hydrogens is 286 g/mol. The second-order valence-corrected chi connectivity index (χ2v) is 4.92. The van der Waals surface area contributed by atoms with Gasteiger partial charge in [0, 0.05) is 6.07 Å². The quantitative estimate of drug-likeness (QED) is 0.201. The molecule has 0 saturated carbocycles. The number of nitrogens with one attached hydrogen (secondary N) is 1. The van der Waals surface area contributed by atoms with Gasteiger partial charge in [-0.25, -0.2) is 0 Å². The van der Waals surface area contributed by atoms with Gasteiger partial charge >= 0.3 is 5.69 Å². The lowest BCUT2D eigenvalue weighted by atomic mass is 10.2. The third-order valence-corrected chi connectivity index (χ3v) is 2.75. The van der Waals surface area contributed by atoms with Crippen LogP contribution in [0.1, 0.15) is 0 Å². The highest BCUT2D eigenvalue weighted by Gasteiger charge is 2.23. The maximum Gasteiger partial charge on any atom is 0.314 e. The highest BCUT2D eigenvalue weighted by atomic mass is 32.2. The molecule has 0 aromatic heterocycles. The summed E-state index contributed by atoms with van der Waals surface area (Å²) in [6.45, 7) is 0. The van der Waals surface area contributed by atoms with Crippen LogP contribution in [0, 0.1) is 10.1 Å². The van der Waals surface area contributed by atoms with E-state index >= 15 is 0 Å². The van der Waals surface area contributed by atoms with Gasteiger partial charge in [0.25, 0.3) is 10.1 Å². The lowest BCUT2D eigenvalue weighted by molar-refractivity contribution is -0.386. The summed E-state index contributed by atoms with van der Waals surface area (Å²) in [5, 5.41) is 21.9. The van der Waals surface area contributed by atoms with Gasteiger partial charge in [0.15, 0.2) is 5.11 Å². The number of rotatable bonds is 3. The molecule has 0 heterocycles. The molecule has 1 aromatic carbocycles. The van der Waals surface area contributed by atoms with Crippen molar-refractivity contribution in [1.29, 1.82) is 0 Å². The number of benzene rings is 1. The van der Waals surface area contributed by atoms with Gasteiger partial charge in [-0.15, -0.1) is 0 Å². The van der Waals surface area contributed by atoms with E-state index in [0.717, 1.165) is 6.07 Å². The molecular formula is C7H7N3O6S2. The molecule has 9 nitrogen and oxygen atoms in total. The van der Waals surface area contributed by atoms with Crippen LogP contribution in [0.2, 0.25) is 0 Å². The summed E-state index contributed by atoms with van der Waals surface area (Å²) in [5.74, 6) is -0.847. The summed E-state index contributed by atoms with van der Waals surface area (Å²) in [7, 11) is -4.67. The Balaban J connectivity index is 3.56. The predicted octanol–water partition coefficient (Wildman–Crippen LogP) is 0.203. The third kappa shape index (κ3) is 3.03. The molecule has 0 atom stereocenters. The van der Waals surface area contributed by atoms with Gasteiger partial charge in [0.2, 0.25) is 5.75 Å². The summed E-state index contributed by atoms with van der Waals surface area (Å²) < 4.78 is 30.7. The molecule has 1 rings (SSSR count). The number of nitrogens with zero attached hydrogens (tertiary/aromatic N) is 1. The van der Waals surface area contributed by atoms with Crippen LogP contribution in [0.15, 0.2) is 17.0 Å². The Morgan fingerprint density at radius 1 is 1.50 bits per heavy atom. The molecule has 98 valence electrons. The van der Waals surface area contributed by atoms with Gasteiger partial charge in [0.1, 0.15) is 4.90 Å². The van der Waals surface area contributed by atoms with E-state index in [1.165, 1.54) is 0 Å². The first-order chi connectivity index (χ1) is 8.12. The summed E-state index contributed by atoms with van der Waals surface area (Å²) in [5.41, 5.74) is 3.79. The maximum absolute atomic E-state index is 10.9. The summed E-state index contributed by atoms with van der Waals surface area (Å²) in [6.07, 6.45) is 0. The Labute approximate surface area is 106 Å². The molecule has 11 heteroatoms. The average Bonchev–Trinajstić information content (AvgIpc) is 2.18. The normalized spacial score (nSPS) is 10.9. The van der Waals surface area contributed by atoms with E-state index in [2.05, 4.69) is 17.5 Å². The molecule has 0 spiro atoms. The Hall–Kier alpha value is -1.98. The number of hydrogen-bond acceptors (Lipinski definition) is 6. The van der Waals surface area contributed by atoms with Crippen LogP contribution < -0.4 is 11.1 Å². The Bertz CT molecular complexity index is 626. The van der Waals surface area contributed by atoms with Crippen molar-refractivity contribution in [2.75, 3.05) is 5.32 Å². The minimum absolute atomic E-state index is 0.341. The van der Waals surface area contributed by atoms with Crippen LogP contribution >= 0.6 is 12.2 Å². The first-order valence-electron chi connectivity index (χ1n) is 4.18. The van der Waals surface area contributed by atoms with Crippen LogP contribution in [0.3, 0.4) is 0 Å². The smallest absolute Gasteiger partial charge is 0.314 e. The van der Waals surface area contributed by atoms with E-state index < -0.39 is 37.1 Å². The standard InChI is InChI=1S/C7H7N3O6S2/c8-7(17)9-4-1-3(18(14,15)16)2-5(6(4)11)10(12)13/h1-2,11H,(H3,8,9,17)(H,14,15,16). The molecule has 0 aliphatic heterocycles. The summed E-state index contributed by atoms with van der Waals surface area (Å²) in [4.78, 5) is 8.82. The van der Waals surface area contributed by atoms with Crippen LogP contribution in [0.4, 0.5) is 11.4 Å². The Kier molecular flexibility index (Phi) is 3.69. The molecule has 0 unspecified atom stereocenters. The fourth-order valence-electron chi connectivity index (χ4n) is 1.11. The van der Waals surface area contributed by atoms with Crippen molar-refractivity contribution in [3.8, 4) is 5.75 Å². The van der Waals surface area contributed by atoms with E-state index in [4.69, 9.17) is 10.3 Å². The van der Waals surface area contributed by atoms with Gasteiger partial charge in [-0.1, -0.05) is 0 Å². The number of aromatic hydroxyl groups is 1. The van der Waals surface area contributed by atoms with E-state index in [1.54, 1.807) is 0 Å². The lowest BCUT2D eigenvalue weighted by Crippen LogP contribution is -2.19. The minimum atomic E-state index is -4.67. The fourth-order valence-corrected chi connectivity index (χ4v) is 1.75. The number of phenolic OH excluding ortho intramolecular Hbond substituents is 1. The van der Waals surface area contributed by atoms with Crippen LogP contribution in [-0.4, -0.2) is 28.1 Å². The first kappa shape index (κ1) is 14.1. The number of phenols is 1. The first-order valence-corrected chi connectivity index (χ1v) is 6.03. The van der Waals surface area contributed by atoms with Gasteiger partial charge in [-0.05, 0) is 18.3 Å². The molecule has 0 bridgehead atoms. The molecule has 5 N–H and O–H groups in total. The highest BCUT2D eigenvalue weighted by molar-refractivity contribution is 7.85. The summed E-state index contributed by atoms with van der Waals surface area (Å²) in [6, 6.07) is 1.27. The third-order valence-electron chi connectivity index (χ3n) is 1.82. The van der Waals surface area contributed by atoms with Crippen LogP contribution in [0.25, 0.3) is 0 Å². The second kappa shape index (κ2) is 4.72. The Morgan fingerprint density at radius 2 is 2.06 bits per heavy atom. The van der Waals surface area contributed by atoms with Crippen molar-refractivity contribution in [2.45, 2.75) is 4.90 Å². The minimum Gasteiger partial charge on any atom is -0.501 e. The molecule has 0 saturated heterocycles. The van der Waals surface area contributed by atoms with Gasteiger partial charge in [0.05, 0.1) is 10.6 Å². The highest BCUT2D eigenvalue weighted by Crippen LogP contribution is 2.36. The molecule has 0 aliphatic rings. The van der Waals surface area contributed by atoms with Gasteiger partial charge < -0.3 is 16.2 Å². The largest absolute Gasteiger partial charge is 0.501 e. The fraction of sp³-hybridized carbons (Fsp3) is 0. The van der Waals surface area contributed by atoms with Crippen molar-refractivity contribution in [1.82, 2.24) is 0 Å². The SMILES string of the molecule is NC(=S)Nc1cc(S(=O)(=O)O)cc([N+](=O)[O-])c1O. The number of nitro benzene ring substituents is 1. The number of nitrogens with two attached hydrogens (primary N) is 1. The number of thiocarbonyl (C=S) groups is 1. The topological polar surface area (TPSA) is 156 Å².